The second-order valence-corrected chi connectivity index (χ2v) is 7.91. The summed E-state index contributed by atoms with van der Waals surface area (Å²) < 4.78 is 5.81. The Kier molecular flexibility index (Phi) is 5.14. The zero-order valence-electron chi connectivity index (χ0n) is 13.9. The number of nitrogens with zero attached hydrogens (tertiary/aromatic N) is 1. The zero-order chi connectivity index (χ0) is 14.9. The Morgan fingerprint density at radius 3 is 2.55 bits per heavy atom. The molecule has 118 valence electrons. The van der Waals surface area contributed by atoms with E-state index in [0.717, 1.165) is 38.8 Å². The van der Waals surface area contributed by atoms with Crippen molar-refractivity contribution in [3.05, 3.63) is 0 Å². The van der Waals surface area contributed by atoms with Crippen LogP contribution in [0.4, 0.5) is 0 Å². The van der Waals surface area contributed by atoms with E-state index in [0.29, 0.717) is 29.5 Å². The molecule has 3 heteroatoms. The van der Waals surface area contributed by atoms with Crippen LogP contribution in [0.25, 0.3) is 0 Å². The molecule has 5 atom stereocenters. The standard InChI is InChI=1S/C17H33NO2/c1-6-14-11-20-12(2)10-18(14)15-9-13(17(3,4)5)7-8-16(15)19/h12-16,19H,6-11H2,1-5H3. The molecular weight excluding hydrogens is 250 g/mol. The lowest BCUT2D eigenvalue weighted by molar-refractivity contribution is -0.110. The predicted molar refractivity (Wildman–Crippen MR) is 82.8 cm³/mol. The van der Waals surface area contributed by atoms with Crippen LogP contribution in [0, 0.1) is 11.3 Å². The van der Waals surface area contributed by atoms with E-state index in [1.165, 1.54) is 0 Å². The maximum absolute atomic E-state index is 10.5. The van der Waals surface area contributed by atoms with Gasteiger partial charge in [0.05, 0.1) is 18.8 Å². The molecule has 1 N–H and O–H groups in total. The largest absolute Gasteiger partial charge is 0.391 e. The summed E-state index contributed by atoms with van der Waals surface area (Å²) >= 11 is 0. The summed E-state index contributed by atoms with van der Waals surface area (Å²) in [6.45, 7) is 13.2. The number of aliphatic hydroxyl groups is 1. The Hall–Kier alpha value is -0.120. The van der Waals surface area contributed by atoms with E-state index in [1.807, 2.05) is 0 Å². The Bertz CT molecular complexity index is 313. The van der Waals surface area contributed by atoms with Gasteiger partial charge < -0.3 is 9.84 Å². The third kappa shape index (κ3) is 3.55. The molecule has 5 unspecified atom stereocenters. The fraction of sp³-hybridized carbons (Fsp3) is 1.00. The van der Waals surface area contributed by atoms with Gasteiger partial charge in [-0.1, -0.05) is 27.7 Å². The van der Waals surface area contributed by atoms with Crippen LogP contribution in [-0.4, -0.2) is 47.4 Å². The first-order valence-electron chi connectivity index (χ1n) is 8.38. The Morgan fingerprint density at radius 1 is 1.25 bits per heavy atom. The van der Waals surface area contributed by atoms with Gasteiger partial charge in [0.1, 0.15) is 0 Å². The van der Waals surface area contributed by atoms with E-state index in [4.69, 9.17) is 4.74 Å². The lowest BCUT2D eigenvalue weighted by atomic mass is 9.69. The molecule has 1 aliphatic heterocycles. The molecule has 2 aliphatic rings. The average Bonchev–Trinajstić information content (AvgIpc) is 2.38. The fourth-order valence-electron chi connectivity index (χ4n) is 3.90. The summed E-state index contributed by atoms with van der Waals surface area (Å²) in [5.74, 6) is 0.714. The van der Waals surface area contributed by atoms with Crippen LogP contribution in [0.3, 0.4) is 0 Å². The Morgan fingerprint density at radius 2 is 1.95 bits per heavy atom. The van der Waals surface area contributed by atoms with Gasteiger partial charge in [-0.3, -0.25) is 4.90 Å². The molecule has 1 heterocycles. The molecule has 2 rings (SSSR count). The van der Waals surface area contributed by atoms with Crippen LogP contribution in [0.15, 0.2) is 0 Å². The first-order valence-corrected chi connectivity index (χ1v) is 8.38. The number of hydrogen-bond donors (Lipinski definition) is 1. The van der Waals surface area contributed by atoms with Gasteiger partial charge in [-0.15, -0.1) is 0 Å². The van der Waals surface area contributed by atoms with E-state index in [9.17, 15) is 5.11 Å². The van der Waals surface area contributed by atoms with Crippen LogP contribution in [-0.2, 0) is 4.74 Å². The van der Waals surface area contributed by atoms with Crippen molar-refractivity contribution >= 4 is 0 Å². The summed E-state index contributed by atoms with van der Waals surface area (Å²) in [6, 6.07) is 0.800. The monoisotopic (exact) mass is 283 g/mol. The maximum atomic E-state index is 10.5. The highest BCUT2D eigenvalue weighted by Crippen LogP contribution is 2.40. The smallest absolute Gasteiger partial charge is 0.0695 e. The minimum atomic E-state index is -0.159. The topological polar surface area (TPSA) is 32.7 Å². The summed E-state index contributed by atoms with van der Waals surface area (Å²) in [5, 5.41) is 10.5. The molecule has 1 aliphatic carbocycles. The van der Waals surface area contributed by atoms with Crippen LogP contribution in [0.1, 0.15) is 60.3 Å². The van der Waals surface area contributed by atoms with Gasteiger partial charge in [0.25, 0.3) is 0 Å². The molecule has 2 fully saturated rings. The van der Waals surface area contributed by atoms with Gasteiger partial charge in [-0.25, -0.2) is 0 Å². The molecular formula is C17H33NO2. The second kappa shape index (κ2) is 6.33. The van der Waals surface area contributed by atoms with Crippen molar-refractivity contribution in [1.82, 2.24) is 4.90 Å². The van der Waals surface area contributed by atoms with Crippen LogP contribution in [0.2, 0.25) is 0 Å². The second-order valence-electron chi connectivity index (χ2n) is 7.91. The number of ether oxygens (including phenoxy) is 1. The van der Waals surface area contributed by atoms with E-state index >= 15 is 0 Å². The number of hydrogen-bond acceptors (Lipinski definition) is 3. The van der Waals surface area contributed by atoms with Crippen LogP contribution in [0.5, 0.6) is 0 Å². The summed E-state index contributed by atoms with van der Waals surface area (Å²) in [5.41, 5.74) is 0.345. The molecule has 0 aromatic heterocycles. The van der Waals surface area contributed by atoms with Crippen molar-refractivity contribution < 1.29 is 9.84 Å². The third-order valence-corrected chi connectivity index (χ3v) is 5.41. The molecule has 0 aromatic rings. The van der Waals surface area contributed by atoms with Gasteiger partial charge >= 0.3 is 0 Å². The summed E-state index contributed by atoms with van der Waals surface area (Å²) in [6.07, 6.45) is 4.49. The summed E-state index contributed by atoms with van der Waals surface area (Å²) in [7, 11) is 0. The first-order chi connectivity index (χ1) is 9.32. The van der Waals surface area contributed by atoms with Crippen molar-refractivity contribution in [1.29, 1.82) is 0 Å². The highest BCUT2D eigenvalue weighted by Gasteiger charge is 2.41. The molecule has 1 saturated carbocycles. The fourth-order valence-corrected chi connectivity index (χ4v) is 3.90. The van der Waals surface area contributed by atoms with Crippen molar-refractivity contribution in [3.8, 4) is 0 Å². The Labute approximate surface area is 124 Å². The average molecular weight is 283 g/mol. The van der Waals surface area contributed by atoms with E-state index in [1.54, 1.807) is 0 Å². The molecule has 0 bridgehead atoms. The molecule has 3 nitrogen and oxygen atoms in total. The lowest BCUT2D eigenvalue weighted by Gasteiger charge is -2.49. The van der Waals surface area contributed by atoms with E-state index < -0.39 is 0 Å². The quantitative estimate of drug-likeness (QED) is 0.845. The number of aliphatic hydroxyl groups excluding tert-OH is 1. The highest BCUT2D eigenvalue weighted by atomic mass is 16.5. The molecule has 20 heavy (non-hydrogen) atoms. The normalized spacial score (nSPS) is 40.8. The van der Waals surface area contributed by atoms with E-state index in [-0.39, 0.29) is 6.10 Å². The third-order valence-electron chi connectivity index (χ3n) is 5.41. The van der Waals surface area contributed by atoms with Gasteiger partial charge in [0.2, 0.25) is 0 Å². The minimum Gasteiger partial charge on any atom is -0.391 e. The van der Waals surface area contributed by atoms with Crippen molar-refractivity contribution in [2.24, 2.45) is 11.3 Å². The van der Waals surface area contributed by atoms with E-state index in [2.05, 4.69) is 39.5 Å². The maximum Gasteiger partial charge on any atom is 0.0695 e. The first kappa shape index (κ1) is 16.3. The van der Waals surface area contributed by atoms with Gasteiger partial charge in [0, 0.05) is 18.6 Å². The van der Waals surface area contributed by atoms with Gasteiger partial charge in [-0.05, 0) is 43.9 Å². The predicted octanol–water partition coefficient (Wildman–Crippen LogP) is 3.06. The van der Waals surface area contributed by atoms with Gasteiger partial charge in [-0.2, -0.15) is 0 Å². The lowest BCUT2D eigenvalue weighted by Crippen LogP contribution is -2.58. The molecule has 0 spiro atoms. The number of morpholine rings is 1. The zero-order valence-corrected chi connectivity index (χ0v) is 13.9. The summed E-state index contributed by atoms with van der Waals surface area (Å²) in [4.78, 5) is 2.55. The minimum absolute atomic E-state index is 0.159. The van der Waals surface area contributed by atoms with Crippen molar-refractivity contribution in [3.63, 3.8) is 0 Å². The van der Waals surface area contributed by atoms with Crippen LogP contribution >= 0.6 is 0 Å². The molecule has 0 aromatic carbocycles. The van der Waals surface area contributed by atoms with Crippen molar-refractivity contribution in [2.45, 2.75) is 84.6 Å². The van der Waals surface area contributed by atoms with Crippen LogP contribution < -0.4 is 0 Å². The molecule has 1 saturated heterocycles. The van der Waals surface area contributed by atoms with Crippen molar-refractivity contribution in [2.75, 3.05) is 13.2 Å². The molecule has 0 amide bonds. The number of rotatable bonds is 2. The molecule has 0 radical (unpaired) electrons. The van der Waals surface area contributed by atoms with Gasteiger partial charge in [0.15, 0.2) is 0 Å². The SMILES string of the molecule is CCC1COC(C)CN1C1CC(C(C)(C)C)CCC1O. The highest BCUT2D eigenvalue weighted by molar-refractivity contribution is 4.94. The Balaban J connectivity index is 2.10.